The summed E-state index contributed by atoms with van der Waals surface area (Å²) in [7, 11) is 0. The maximum absolute atomic E-state index is 11.7. The first-order chi connectivity index (χ1) is 8.11. The number of aromatic amines is 1. The van der Waals surface area contributed by atoms with Gasteiger partial charge in [-0.3, -0.25) is 4.79 Å². The van der Waals surface area contributed by atoms with Crippen LogP contribution in [-0.2, 0) is 5.33 Å². The van der Waals surface area contributed by atoms with Crippen molar-refractivity contribution in [3.8, 4) is 11.3 Å². The van der Waals surface area contributed by atoms with Gasteiger partial charge < -0.3 is 4.98 Å². The molecule has 1 aromatic heterocycles. The van der Waals surface area contributed by atoms with Crippen LogP contribution >= 0.6 is 15.9 Å². The van der Waals surface area contributed by atoms with E-state index in [9.17, 15) is 4.79 Å². The van der Waals surface area contributed by atoms with Crippen LogP contribution in [0.1, 0.15) is 16.7 Å². The summed E-state index contributed by atoms with van der Waals surface area (Å²) in [6.07, 6.45) is 0. The van der Waals surface area contributed by atoms with Crippen molar-refractivity contribution in [3.05, 3.63) is 57.4 Å². The minimum atomic E-state index is -0.0300. The van der Waals surface area contributed by atoms with E-state index < -0.39 is 0 Å². The third-order valence-corrected chi connectivity index (χ3v) is 3.56. The van der Waals surface area contributed by atoms with Gasteiger partial charge in [0.25, 0.3) is 5.56 Å². The molecule has 0 fully saturated rings. The molecule has 0 radical (unpaired) electrons. The lowest BCUT2D eigenvalue weighted by Crippen LogP contribution is -2.11. The van der Waals surface area contributed by atoms with E-state index in [0.29, 0.717) is 5.33 Å². The van der Waals surface area contributed by atoms with Crippen LogP contribution in [-0.4, -0.2) is 4.98 Å². The molecular formula is C14H14BrNO. The number of benzene rings is 1. The minimum absolute atomic E-state index is 0.0300. The number of alkyl halides is 1. The van der Waals surface area contributed by atoms with Crippen LogP contribution in [0, 0.1) is 13.8 Å². The molecule has 1 aromatic carbocycles. The normalized spacial score (nSPS) is 10.5. The Morgan fingerprint density at radius 1 is 1.12 bits per heavy atom. The highest BCUT2D eigenvalue weighted by Crippen LogP contribution is 2.19. The number of pyridine rings is 1. The van der Waals surface area contributed by atoms with E-state index in [1.54, 1.807) is 0 Å². The summed E-state index contributed by atoms with van der Waals surface area (Å²) in [5.74, 6) is 0. The molecule has 0 aliphatic heterocycles. The van der Waals surface area contributed by atoms with E-state index >= 15 is 0 Å². The summed E-state index contributed by atoms with van der Waals surface area (Å²) < 4.78 is 0. The second kappa shape index (κ2) is 4.88. The van der Waals surface area contributed by atoms with Crippen molar-refractivity contribution in [2.24, 2.45) is 0 Å². The van der Waals surface area contributed by atoms with Gasteiger partial charge in [-0.2, -0.15) is 0 Å². The molecule has 2 rings (SSSR count). The molecular weight excluding hydrogens is 278 g/mol. The lowest BCUT2D eigenvalue weighted by atomic mass is 10.0. The first-order valence-electron chi connectivity index (χ1n) is 5.47. The van der Waals surface area contributed by atoms with Crippen LogP contribution in [0.4, 0.5) is 0 Å². The fourth-order valence-electron chi connectivity index (χ4n) is 1.69. The SMILES string of the molecule is Cc1ccc(-c2ccc(CBr)c(=O)[nH]2)cc1C. The molecule has 88 valence electrons. The summed E-state index contributed by atoms with van der Waals surface area (Å²) >= 11 is 3.29. The van der Waals surface area contributed by atoms with E-state index in [2.05, 4.69) is 46.9 Å². The van der Waals surface area contributed by atoms with Gasteiger partial charge >= 0.3 is 0 Å². The van der Waals surface area contributed by atoms with E-state index in [4.69, 9.17) is 0 Å². The Morgan fingerprint density at radius 3 is 2.47 bits per heavy atom. The monoisotopic (exact) mass is 291 g/mol. The van der Waals surface area contributed by atoms with E-state index in [1.807, 2.05) is 18.2 Å². The molecule has 0 unspecified atom stereocenters. The standard InChI is InChI=1S/C14H14BrNO/c1-9-3-4-11(7-10(9)2)13-6-5-12(8-15)14(17)16-13/h3-7H,8H2,1-2H3,(H,16,17). The van der Waals surface area contributed by atoms with E-state index in [0.717, 1.165) is 16.8 Å². The molecule has 1 heterocycles. The van der Waals surface area contributed by atoms with Gasteiger partial charge in [0, 0.05) is 16.6 Å². The molecule has 0 saturated heterocycles. The molecule has 0 bridgehead atoms. The highest BCUT2D eigenvalue weighted by Gasteiger charge is 2.03. The molecule has 2 aromatic rings. The number of hydrogen-bond acceptors (Lipinski definition) is 1. The predicted molar refractivity (Wildman–Crippen MR) is 74.6 cm³/mol. The first-order valence-corrected chi connectivity index (χ1v) is 6.60. The van der Waals surface area contributed by atoms with Gasteiger partial charge in [-0.05, 0) is 42.7 Å². The fourth-order valence-corrected chi connectivity index (χ4v) is 2.13. The second-order valence-corrected chi connectivity index (χ2v) is 4.72. The largest absolute Gasteiger partial charge is 0.322 e. The van der Waals surface area contributed by atoms with Crippen molar-refractivity contribution >= 4 is 15.9 Å². The third-order valence-electron chi connectivity index (χ3n) is 2.95. The summed E-state index contributed by atoms with van der Waals surface area (Å²) in [6.45, 7) is 4.15. The molecule has 1 N–H and O–H groups in total. The van der Waals surface area contributed by atoms with Crippen LogP contribution in [0.25, 0.3) is 11.3 Å². The highest BCUT2D eigenvalue weighted by molar-refractivity contribution is 9.08. The van der Waals surface area contributed by atoms with Crippen molar-refractivity contribution < 1.29 is 0 Å². The fraction of sp³-hybridized carbons (Fsp3) is 0.214. The highest BCUT2D eigenvalue weighted by atomic mass is 79.9. The molecule has 0 saturated carbocycles. The summed E-state index contributed by atoms with van der Waals surface area (Å²) in [5.41, 5.74) is 5.12. The van der Waals surface area contributed by atoms with Gasteiger partial charge in [0.2, 0.25) is 0 Å². The second-order valence-electron chi connectivity index (χ2n) is 4.16. The van der Waals surface area contributed by atoms with Crippen molar-refractivity contribution in [2.45, 2.75) is 19.2 Å². The molecule has 2 nitrogen and oxygen atoms in total. The van der Waals surface area contributed by atoms with Crippen LogP contribution in [0.2, 0.25) is 0 Å². The van der Waals surface area contributed by atoms with Gasteiger partial charge in [0.1, 0.15) is 0 Å². The Hall–Kier alpha value is -1.35. The minimum Gasteiger partial charge on any atom is -0.322 e. The smallest absolute Gasteiger partial charge is 0.252 e. The Bertz CT molecular complexity index is 601. The lowest BCUT2D eigenvalue weighted by Gasteiger charge is -2.06. The Balaban J connectivity index is 2.50. The number of halogens is 1. The van der Waals surface area contributed by atoms with Gasteiger partial charge in [-0.1, -0.05) is 34.1 Å². The molecule has 0 aliphatic carbocycles. The maximum Gasteiger partial charge on any atom is 0.252 e. The Morgan fingerprint density at radius 2 is 1.88 bits per heavy atom. The van der Waals surface area contributed by atoms with Gasteiger partial charge in [0.15, 0.2) is 0 Å². The van der Waals surface area contributed by atoms with Crippen LogP contribution in [0.15, 0.2) is 35.1 Å². The average molecular weight is 292 g/mol. The van der Waals surface area contributed by atoms with Crippen LogP contribution < -0.4 is 5.56 Å². The summed E-state index contributed by atoms with van der Waals surface area (Å²) in [4.78, 5) is 14.6. The van der Waals surface area contributed by atoms with E-state index in [1.165, 1.54) is 11.1 Å². The zero-order valence-electron chi connectivity index (χ0n) is 9.88. The molecule has 0 amide bonds. The molecule has 3 heteroatoms. The van der Waals surface area contributed by atoms with Crippen molar-refractivity contribution in [2.75, 3.05) is 0 Å². The first kappa shape index (κ1) is 12.1. The number of nitrogens with one attached hydrogen (secondary N) is 1. The molecule has 0 atom stereocenters. The number of aromatic nitrogens is 1. The van der Waals surface area contributed by atoms with Crippen molar-refractivity contribution in [1.29, 1.82) is 0 Å². The van der Waals surface area contributed by atoms with Gasteiger partial charge in [-0.25, -0.2) is 0 Å². The van der Waals surface area contributed by atoms with Gasteiger partial charge in [-0.15, -0.1) is 0 Å². The zero-order chi connectivity index (χ0) is 12.4. The molecule has 0 spiro atoms. The number of H-pyrrole nitrogens is 1. The average Bonchev–Trinajstić information content (AvgIpc) is 2.32. The quantitative estimate of drug-likeness (QED) is 0.844. The Labute approximate surface area is 109 Å². The zero-order valence-corrected chi connectivity index (χ0v) is 11.5. The van der Waals surface area contributed by atoms with Crippen molar-refractivity contribution in [3.63, 3.8) is 0 Å². The Kier molecular flexibility index (Phi) is 3.48. The number of hydrogen-bond donors (Lipinski definition) is 1. The summed E-state index contributed by atoms with van der Waals surface area (Å²) in [5, 5.41) is 0.579. The lowest BCUT2D eigenvalue weighted by molar-refractivity contribution is 1.17. The number of rotatable bonds is 2. The van der Waals surface area contributed by atoms with Crippen molar-refractivity contribution in [1.82, 2.24) is 4.98 Å². The maximum atomic E-state index is 11.7. The topological polar surface area (TPSA) is 32.9 Å². The molecule has 17 heavy (non-hydrogen) atoms. The van der Waals surface area contributed by atoms with E-state index in [-0.39, 0.29) is 5.56 Å². The van der Waals surface area contributed by atoms with Crippen LogP contribution in [0.3, 0.4) is 0 Å². The third kappa shape index (κ3) is 2.50. The predicted octanol–water partition coefficient (Wildman–Crippen LogP) is 3.55. The van der Waals surface area contributed by atoms with Crippen LogP contribution in [0.5, 0.6) is 0 Å². The molecule has 0 aliphatic rings. The van der Waals surface area contributed by atoms with Gasteiger partial charge in [0.05, 0.1) is 0 Å². The summed E-state index contributed by atoms with van der Waals surface area (Å²) in [6, 6.07) is 10.00. The number of aryl methyl sites for hydroxylation is 2.